The summed E-state index contributed by atoms with van der Waals surface area (Å²) in [6, 6.07) is 10.3. The molecule has 1 fully saturated rings. The van der Waals surface area contributed by atoms with Crippen LogP contribution in [-0.2, 0) is 10.0 Å². The molecular weight excluding hydrogens is 388 g/mol. The predicted molar refractivity (Wildman–Crippen MR) is 113 cm³/mol. The largest absolute Gasteiger partial charge is 0.496 e. The standard InChI is InChI=1S/C22H28N2O4S/c1-15-7-9-19(16(2)13-15)17(3)23-22(25)20-14-18(8-10-21(20)28-4)29(26,27)24-11-5-6-12-24/h7-10,13-14,17H,5-6,11-12H2,1-4H3,(H,23,25). The Bertz CT molecular complexity index is 1010. The lowest BCUT2D eigenvalue weighted by Crippen LogP contribution is -2.29. The minimum absolute atomic E-state index is 0.115. The molecule has 0 spiro atoms. The second kappa shape index (κ2) is 8.55. The number of methoxy groups -OCH3 is 1. The molecule has 2 aromatic carbocycles. The Morgan fingerprint density at radius 3 is 2.41 bits per heavy atom. The van der Waals surface area contributed by atoms with E-state index in [2.05, 4.69) is 11.4 Å². The molecule has 156 valence electrons. The number of nitrogens with one attached hydrogen (secondary N) is 1. The third kappa shape index (κ3) is 4.46. The first-order chi connectivity index (χ1) is 13.7. The minimum atomic E-state index is -3.61. The fourth-order valence-corrected chi connectivity index (χ4v) is 5.31. The second-order valence-corrected chi connectivity index (χ2v) is 9.47. The summed E-state index contributed by atoms with van der Waals surface area (Å²) in [6.07, 6.45) is 1.71. The number of carbonyl (C=O) groups is 1. The monoisotopic (exact) mass is 416 g/mol. The zero-order chi connectivity index (χ0) is 21.2. The second-order valence-electron chi connectivity index (χ2n) is 7.53. The van der Waals surface area contributed by atoms with Crippen LogP contribution in [0.15, 0.2) is 41.3 Å². The van der Waals surface area contributed by atoms with Crippen molar-refractivity contribution < 1.29 is 17.9 Å². The van der Waals surface area contributed by atoms with Gasteiger partial charge in [0.05, 0.1) is 23.6 Å². The first kappa shape index (κ1) is 21.3. The van der Waals surface area contributed by atoms with Gasteiger partial charge in [0.25, 0.3) is 5.91 Å². The van der Waals surface area contributed by atoms with Gasteiger partial charge in [-0.1, -0.05) is 23.8 Å². The van der Waals surface area contributed by atoms with Gasteiger partial charge < -0.3 is 10.1 Å². The highest BCUT2D eigenvalue weighted by molar-refractivity contribution is 7.89. The highest BCUT2D eigenvalue weighted by Gasteiger charge is 2.29. The number of rotatable bonds is 6. The van der Waals surface area contributed by atoms with Gasteiger partial charge >= 0.3 is 0 Å². The van der Waals surface area contributed by atoms with Crippen molar-refractivity contribution in [2.24, 2.45) is 0 Å². The van der Waals surface area contributed by atoms with Gasteiger partial charge in [0.1, 0.15) is 5.75 Å². The van der Waals surface area contributed by atoms with Gasteiger partial charge in [0, 0.05) is 13.1 Å². The van der Waals surface area contributed by atoms with Gasteiger partial charge in [0.2, 0.25) is 10.0 Å². The molecule has 1 heterocycles. The van der Waals surface area contributed by atoms with Gasteiger partial charge in [-0.3, -0.25) is 4.79 Å². The maximum Gasteiger partial charge on any atom is 0.255 e. The molecular formula is C22H28N2O4S. The van der Waals surface area contributed by atoms with Crippen molar-refractivity contribution in [2.45, 2.75) is 44.6 Å². The summed E-state index contributed by atoms with van der Waals surface area (Å²) in [4.78, 5) is 13.1. The molecule has 29 heavy (non-hydrogen) atoms. The maximum atomic E-state index is 13.0. The molecule has 6 nitrogen and oxygen atoms in total. The maximum absolute atomic E-state index is 13.0. The van der Waals surface area contributed by atoms with Crippen LogP contribution in [0.4, 0.5) is 0 Å². The number of sulfonamides is 1. The Morgan fingerprint density at radius 2 is 1.79 bits per heavy atom. The molecule has 1 aliphatic rings. The topological polar surface area (TPSA) is 75.7 Å². The van der Waals surface area contributed by atoms with Gasteiger partial charge in [-0.05, 0) is 62.9 Å². The molecule has 1 amide bonds. The summed E-state index contributed by atoms with van der Waals surface area (Å²) >= 11 is 0. The Morgan fingerprint density at radius 1 is 1.10 bits per heavy atom. The van der Waals surface area contributed by atoms with E-state index in [-0.39, 0.29) is 22.4 Å². The van der Waals surface area contributed by atoms with E-state index in [0.717, 1.165) is 29.5 Å². The fourth-order valence-electron chi connectivity index (χ4n) is 3.77. The molecule has 0 aromatic heterocycles. The Kier molecular flexibility index (Phi) is 6.29. The van der Waals surface area contributed by atoms with Crippen molar-refractivity contribution in [2.75, 3.05) is 20.2 Å². The predicted octanol–water partition coefficient (Wildman–Crippen LogP) is 3.59. The van der Waals surface area contributed by atoms with Gasteiger partial charge in [-0.15, -0.1) is 0 Å². The highest BCUT2D eigenvalue weighted by Crippen LogP contribution is 2.27. The third-order valence-corrected chi connectivity index (χ3v) is 7.25. The van der Waals surface area contributed by atoms with Gasteiger partial charge in [0.15, 0.2) is 0 Å². The van der Waals surface area contributed by atoms with Crippen LogP contribution < -0.4 is 10.1 Å². The van der Waals surface area contributed by atoms with E-state index in [1.165, 1.54) is 23.5 Å². The number of hydrogen-bond acceptors (Lipinski definition) is 4. The number of hydrogen-bond donors (Lipinski definition) is 1. The average Bonchev–Trinajstić information content (AvgIpc) is 3.23. The van der Waals surface area contributed by atoms with Crippen molar-refractivity contribution in [1.82, 2.24) is 9.62 Å². The van der Waals surface area contributed by atoms with Crippen molar-refractivity contribution in [3.8, 4) is 5.75 Å². The summed E-state index contributed by atoms with van der Waals surface area (Å²) in [7, 11) is -2.15. The van der Waals surface area contributed by atoms with Gasteiger partial charge in [-0.2, -0.15) is 4.31 Å². The molecule has 3 rings (SSSR count). The van der Waals surface area contributed by atoms with E-state index in [4.69, 9.17) is 4.74 Å². The summed E-state index contributed by atoms with van der Waals surface area (Å²) < 4.78 is 32.5. The highest BCUT2D eigenvalue weighted by atomic mass is 32.2. The molecule has 1 aliphatic heterocycles. The van der Waals surface area contributed by atoms with E-state index < -0.39 is 10.0 Å². The zero-order valence-electron chi connectivity index (χ0n) is 17.4. The Hall–Kier alpha value is -2.38. The SMILES string of the molecule is COc1ccc(S(=O)(=O)N2CCCC2)cc1C(=O)NC(C)c1ccc(C)cc1C. The molecule has 0 radical (unpaired) electrons. The van der Waals surface area contributed by atoms with Crippen molar-refractivity contribution in [3.05, 3.63) is 58.7 Å². The van der Waals surface area contributed by atoms with Crippen LogP contribution in [0.5, 0.6) is 5.75 Å². The van der Waals surface area contributed by atoms with Crippen LogP contribution >= 0.6 is 0 Å². The van der Waals surface area contributed by atoms with Crippen LogP contribution in [0.3, 0.4) is 0 Å². The van der Waals surface area contributed by atoms with Crippen LogP contribution in [0.2, 0.25) is 0 Å². The number of amides is 1. The first-order valence-electron chi connectivity index (χ1n) is 9.80. The zero-order valence-corrected chi connectivity index (χ0v) is 18.2. The molecule has 0 saturated carbocycles. The molecule has 1 saturated heterocycles. The number of carbonyl (C=O) groups excluding carboxylic acids is 1. The normalized spacial score (nSPS) is 15.9. The van der Waals surface area contributed by atoms with E-state index >= 15 is 0 Å². The summed E-state index contributed by atoms with van der Waals surface area (Å²) in [5.41, 5.74) is 3.48. The summed E-state index contributed by atoms with van der Waals surface area (Å²) in [6.45, 7) is 6.97. The van der Waals surface area contributed by atoms with Gasteiger partial charge in [-0.25, -0.2) is 8.42 Å². The number of ether oxygens (including phenoxy) is 1. The van der Waals surface area contributed by atoms with Crippen molar-refractivity contribution >= 4 is 15.9 Å². The summed E-state index contributed by atoms with van der Waals surface area (Å²) in [5, 5.41) is 2.97. The molecule has 7 heteroatoms. The van der Waals surface area contributed by atoms with Crippen LogP contribution in [0.1, 0.15) is 52.9 Å². The Labute approximate surface area is 172 Å². The van der Waals surface area contributed by atoms with E-state index in [1.54, 1.807) is 6.07 Å². The lowest BCUT2D eigenvalue weighted by Gasteiger charge is -2.19. The molecule has 1 atom stereocenters. The molecule has 2 aromatic rings. The van der Waals surface area contributed by atoms with Crippen molar-refractivity contribution in [1.29, 1.82) is 0 Å². The number of benzene rings is 2. The van der Waals surface area contributed by atoms with E-state index in [1.807, 2.05) is 32.9 Å². The molecule has 1 N–H and O–H groups in total. The lowest BCUT2D eigenvalue weighted by atomic mass is 10.00. The fraction of sp³-hybridized carbons (Fsp3) is 0.409. The number of nitrogens with zero attached hydrogens (tertiary/aromatic N) is 1. The minimum Gasteiger partial charge on any atom is -0.496 e. The number of aryl methyl sites for hydroxylation is 2. The van der Waals surface area contributed by atoms with Crippen molar-refractivity contribution in [3.63, 3.8) is 0 Å². The third-order valence-electron chi connectivity index (χ3n) is 5.36. The lowest BCUT2D eigenvalue weighted by molar-refractivity contribution is 0.0936. The van der Waals surface area contributed by atoms with Crippen LogP contribution in [0, 0.1) is 13.8 Å². The first-order valence-corrected chi connectivity index (χ1v) is 11.2. The van der Waals surface area contributed by atoms with E-state index in [0.29, 0.717) is 18.8 Å². The molecule has 1 unspecified atom stereocenters. The summed E-state index contributed by atoms with van der Waals surface area (Å²) in [5.74, 6) is -0.0245. The van der Waals surface area contributed by atoms with E-state index in [9.17, 15) is 13.2 Å². The quantitative estimate of drug-likeness (QED) is 0.781. The smallest absolute Gasteiger partial charge is 0.255 e. The average molecular weight is 417 g/mol. The molecule has 0 bridgehead atoms. The van der Waals surface area contributed by atoms with Crippen LogP contribution in [0.25, 0.3) is 0 Å². The molecule has 0 aliphatic carbocycles. The van der Waals surface area contributed by atoms with Crippen LogP contribution in [-0.4, -0.2) is 38.8 Å². The Balaban J connectivity index is 1.89.